The zero-order chi connectivity index (χ0) is 15.7. The first-order chi connectivity index (χ1) is 9.66. The van der Waals surface area contributed by atoms with Crippen molar-refractivity contribution in [1.29, 1.82) is 0 Å². The molecule has 1 aliphatic carbocycles. The maximum absolute atomic E-state index is 12.0. The molecule has 1 aromatic rings. The number of halogens is 3. The fourth-order valence-electron chi connectivity index (χ4n) is 1.72. The fraction of sp³-hybridized carbons (Fsp3) is 0.500. The van der Waals surface area contributed by atoms with Crippen molar-refractivity contribution in [3.63, 3.8) is 0 Å². The van der Waals surface area contributed by atoms with Crippen molar-refractivity contribution in [1.82, 2.24) is 4.72 Å². The van der Waals surface area contributed by atoms with Gasteiger partial charge in [-0.2, -0.15) is 0 Å². The molecule has 5 nitrogen and oxygen atoms in total. The van der Waals surface area contributed by atoms with Crippen molar-refractivity contribution < 1.29 is 31.4 Å². The third-order valence-electron chi connectivity index (χ3n) is 3.30. The Morgan fingerprint density at radius 3 is 2.24 bits per heavy atom. The van der Waals surface area contributed by atoms with Crippen molar-refractivity contribution in [3.05, 3.63) is 24.3 Å². The molecule has 1 fully saturated rings. The van der Waals surface area contributed by atoms with E-state index < -0.39 is 27.6 Å². The topological polar surface area (TPSA) is 75.6 Å². The van der Waals surface area contributed by atoms with Gasteiger partial charge in [0.2, 0.25) is 10.0 Å². The first-order valence-electron chi connectivity index (χ1n) is 6.12. The molecule has 0 heterocycles. The normalized spacial score (nSPS) is 17.5. The average Bonchev–Trinajstić information content (AvgIpc) is 3.16. The lowest BCUT2D eigenvalue weighted by Gasteiger charge is -2.13. The van der Waals surface area contributed by atoms with Gasteiger partial charge in [0, 0.05) is 18.6 Å². The maximum Gasteiger partial charge on any atom is 0.573 e. The van der Waals surface area contributed by atoms with Crippen LogP contribution >= 0.6 is 0 Å². The molecule has 0 amide bonds. The summed E-state index contributed by atoms with van der Waals surface area (Å²) in [5.41, 5.74) is -0.396. The van der Waals surface area contributed by atoms with E-state index in [1.807, 2.05) is 0 Å². The Morgan fingerprint density at radius 1 is 1.24 bits per heavy atom. The lowest BCUT2D eigenvalue weighted by Crippen LogP contribution is -2.31. The van der Waals surface area contributed by atoms with E-state index in [-0.39, 0.29) is 18.0 Å². The van der Waals surface area contributed by atoms with Crippen LogP contribution in [-0.2, 0) is 10.0 Å². The van der Waals surface area contributed by atoms with Gasteiger partial charge in [-0.25, -0.2) is 13.1 Å². The molecular formula is C12H14F3NO4S. The van der Waals surface area contributed by atoms with Crippen LogP contribution in [0.1, 0.15) is 12.8 Å². The Bertz CT molecular complexity index is 594. The maximum atomic E-state index is 12.0. The Morgan fingerprint density at radius 2 is 1.81 bits per heavy atom. The smallest absolute Gasteiger partial charge is 0.406 e. The van der Waals surface area contributed by atoms with E-state index in [0.29, 0.717) is 0 Å². The third kappa shape index (κ3) is 4.32. The van der Waals surface area contributed by atoms with Crippen LogP contribution in [0, 0.1) is 5.41 Å². The van der Waals surface area contributed by atoms with Crippen molar-refractivity contribution >= 4 is 10.0 Å². The van der Waals surface area contributed by atoms with Crippen molar-refractivity contribution in [2.24, 2.45) is 5.41 Å². The number of hydrogen-bond acceptors (Lipinski definition) is 4. The van der Waals surface area contributed by atoms with Crippen molar-refractivity contribution in [2.45, 2.75) is 24.1 Å². The van der Waals surface area contributed by atoms with Crippen LogP contribution in [0.4, 0.5) is 13.2 Å². The second-order valence-corrected chi connectivity index (χ2v) is 6.77. The molecule has 2 N–H and O–H groups in total. The van der Waals surface area contributed by atoms with Gasteiger partial charge in [0.1, 0.15) is 5.75 Å². The number of sulfonamides is 1. The van der Waals surface area contributed by atoms with E-state index >= 15 is 0 Å². The van der Waals surface area contributed by atoms with Gasteiger partial charge in [0.05, 0.1) is 4.90 Å². The van der Waals surface area contributed by atoms with Gasteiger partial charge in [-0.05, 0) is 37.1 Å². The molecule has 1 aromatic carbocycles. The van der Waals surface area contributed by atoms with Gasteiger partial charge in [-0.15, -0.1) is 13.2 Å². The Labute approximate surface area is 119 Å². The van der Waals surface area contributed by atoms with Crippen LogP contribution in [-0.4, -0.2) is 33.0 Å². The summed E-state index contributed by atoms with van der Waals surface area (Å²) in [6, 6.07) is 3.92. The van der Waals surface area contributed by atoms with E-state index in [1.165, 1.54) is 0 Å². The zero-order valence-corrected chi connectivity index (χ0v) is 11.7. The first kappa shape index (κ1) is 16.1. The Balaban J connectivity index is 2.03. The summed E-state index contributed by atoms with van der Waals surface area (Å²) in [5, 5.41) is 9.11. The van der Waals surface area contributed by atoms with Gasteiger partial charge < -0.3 is 9.84 Å². The SMILES string of the molecule is O=S(=O)(NCC1(CO)CC1)c1ccc(OC(F)(F)F)cc1. The summed E-state index contributed by atoms with van der Waals surface area (Å²) in [7, 11) is -3.82. The van der Waals surface area contributed by atoms with Crippen molar-refractivity contribution in [2.75, 3.05) is 13.2 Å². The molecular weight excluding hydrogens is 311 g/mol. The van der Waals surface area contributed by atoms with Gasteiger partial charge >= 0.3 is 6.36 Å². The quantitative estimate of drug-likeness (QED) is 0.834. The Kier molecular flexibility index (Phi) is 4.18. The highest BCUT2D eigenvalue weighted by molar-refractivity contribution is 7.89. The zero-order valence-electron chi connectivity index (χ0n) is 10.9. The number of rotatable bonds is 6. The van der Waals surface area contributed by atoms with Crippen LogP contribution in [0.25, 0.3) is 0 Å². The number of aliphatic hydroxyl groups is 1. The van der Waals surface area contributed by atoms with E-state index in [4.69, 9.17) is 5.11 Å². The number of hydrogen-bond donors (Lipinski definition) is 2. The minimum absolute atomic E-state index is 0.103. The highest BCUT2D eigenvalue weighted by Gasteiger charge is 2.42. The molecule has 0 atom stereocenters. The summed E-state index contributed by atoms with van der Waals surface area (Å²) >= 11 is 0. The highest BCUT2D eigenvalue weighted by Crippen LogP contribution is 2.44. The molecule has 1 aliphatic rings. The largest absolute Gasteiger partial charge is 0.573 e. The van der Waals surface area contributed by atoms with E-state index in [9.17, 15) is 21.6 Å². The second kappa shape index (κ2) is 5.47. The molecule has 0 spiro atoms. The summed E-state index contributed by atoms with van der Waals surface area (Å²) in [4.78, 5) is -0.161. The lowest BCUT2D eigenvalue weighted by atomic mass is 10.1. The summed E-state index contributed by atoms with van der Waals surface area (Å²) in [5.74, 6) is -0.490. The van der Waals surface area contributed by atoms with E-state index in [0.717, 1.165) is 37.1 Å². The number of benzene rings is 1. The molecule has 0 aromatic heterocycles. The minimum Gasteiger partial charge on any atom is -0.406 e. The summed E-state index contributed by atoms with van der Waals surface area (Å²) in [6.07, 6.45) is -3.34. The van der Waals surface area contributed by atoms with Crippen LogP contribution < -0.4 is 9.46 Å². The van der Waals surface area contributed by atoms with Gasteiger partial charge in [-0.1, -0.05) is 0 Å². The second-order valence-electron chi connectivity index (χ2n) is 5.00. The first-order valence-corrected chi connectivity index (χ1v) is 7.61. The molecule has 2 rings (SSSR count). The standard InChI is InChI=1S/C12H14F3NO4S/c13-12(14,15)20-9-1-3-10(4-2-9)21(18,19)16-7-11(8-17)5-6-11/h1-4,16-17H,5-8H2. The van der Waals surface area contributed by atoms with Crippen LogP contribution in [0.15, 0.2) is 29.2 Å². The van der Waals surface area contributed by atoms with Gasteiger partial charge in [0.15, 0.2) is 0 Å². The third-order valence-corrected chi connectivity index (χ3v) is 4.71. The highest BCUT2D eigenvalue weighted by atomic mass is 32.2. The van der Waals surface area contributed by atoms with Crippen LogP contribution in [0.2, 0.25) is 0 Å². The number of aliphatic hydroxyl groups excluding tert-OH is 1. The van der Waals surface area contributed by atoms with Gasteiger partial charge in [-0.3, -0.25) is 0 Å². The molecule has 0 unspecified atom stereocenters. The van der Waals surface area contributed by atoms with Crippen LogP contribution in [0.5, 0.6) is 5.75 Å². The molecule has 9 heteroatoms. The Hall–Kier alpha value is -1.32. The number of alkyl halides is 3. The fourth-order valence-corrected chi connectivity index (χ4v) is 2.88. The average molecular weight is 325 g/mol. The molecule has 0 bridgehead atoms. The lowest BCUT2D eigenvalue weighted by molar-refractivity contribution is -0.274. The molecule has 0 aliphatic heterocycles. The molecule has 1 saturated carbocycles. The van der Waals surface area contributed by atoms with Crippen molar-refractivity contribution in [3.8, 4) is 5.75 Å². The monoisotopic (exact) mass is 325 g/mol. The summed E-state index contributed by atoms with van der Waals surface area (Å²) < 4.78 is 65.9. The van der Waals surface area contributed by atoms with E-state index in [1.54, 1.807) is 0 Å². The predicted octanol–water partition coefficient (Wildman–Crippen LogP) is 1.64. The molecule has 0 radical (unpaired) electrons. The molecule has 0 saturated heterocycles. The molecule has 21 heavy (non-hydrogen) atoms. The minimum atomic E-state index is -4.82. The number of nitrogens with one attached hydrogen (secondary N) is 1. The predicted molar refractivity (Wildman–Crippen MR) is 67.1 cm³/mol. The molecule has 118 valence electrons. The number of ether oxygens (including phenoxy) is 1. The summed E-state index contributed by atoms with van der Waals surface area (Å²) in [6.45, 7) is 0.000512. The van der Waals surface area contributed by atoms with E-state index in [2.05, 4.69) is 9.46 Å². The van der Waals surface area contributed by atoms with Crippen LogP contribution in [0.3, 0.4) is 0 Å². The van der Waals surface area contributed by atoms with Gasteiger partial charge in [0.25, 0.3) is 0 Å².